The van der Waals surface area contributed by atoms with Gasteiger partial charge in [0.25, 0.3) is 5.91 Å². The smallest absolute Gasteiger partial charge is 0.293 e. The zero-order chi connectivity index (χ0) is 23.4. The van der Waals surface area contributed by atoms with E-state index in [1.807, 2.05) is 0 Å². The van der Waals surface area contributed by atoms with Gasteiger partial charge in [-0.15, -0.1) is 5.10 Å². The molecule has 1 aromatic carbocycles. The van der Waals surface area contributed by atoms with E-state index in [0.29, 0.717) is 32.8 Å². The van der Waals surface area contributed by atoms with Gasteiger partial charge in [-0.05, 0) is 22.4 Å². The topological polar surface area (TPSA) is 159 Å². The summed E-state index contributed by atoms with van der Waals surface area (Å²) in [5, 5.41) is 19.9. The largest absolute Gasteiger partial charge is 0.495 e. The molecule has 3 heterocycles. The third-order valence-electron chi connectivity index (χ3n) is 4.18. The minimum atomic E-state index is -0.601. The van der Waals surface area contributed by atoms with Crippen molar-refractivity contribution in [2.24, 2.45) is 10.1 Å². The zero-order valence-corrected chi connectivity index (χ0v) is 20.0. The highest BCUT2D eigenvalue weighted by Crippen LogP contribution is 2.31. The molecule has 3 N–H and O–H groups in total. The van der Waals surface area contributed by atoms with E-state index >= 15 is 0 Å². The lowest BCUT2D eigenvalue weighted by atomic mass is 10.2. The van der Waals surface area contributed by atoms with Crippen LogP contribution in [-0.4, -0.2) is 61.2 Å². The van der Waals surface area contributed by atoms with Crippen LogP contribution in [0.25, 0.3) is 5.82 Å². The number of benzene rings is 1. The van der Waals surface area contributed by atoms with Gasteiger partial charge in [0, 0.05) is 22.1 Å². The van der Waals surface area contributed by atoms with E-state index in [-0.39, 0.29) is 17.3 Å². The standard InChI is InChI=1S/C17H15Cl2N9O3S2/c1-30-13-8(4-9(18)5-10(13)19)6-22-24-16(29)12-11(7-33-17-21-2-3-32-17)28(27-23-12)15-14(20)25-31-26-15/h4-6H,2-3,7H2,1H3,(H2,20,25)(H,24,29)/b22-6+. The van der Waals surface area contributed by atoms with Crippen LogP contribution in [-0.2, 0) is 5.75 Å². The SMILES string of the molecule is COc1c(Cl)cc(Cl)cc1/C=N/NC(=O)c1nnn(-c2nonc2N)c1CSC1=NCCS1. The van der Waals surface area contributed by atoms with E-state index in [1.54, 1.807) is 17.8 Å². The highest BCUT2D eigenvalue weighted by atomic mass is 35.5. The number of thioether (sulfide) groups is 2. The second kappa shape index (κ2) is 10.4. The first kappa shape index (κ1) is 23.4. The van der Waals surface area contributed by atoms with E-state index in [2.05, 4.69) is 40.8 Å². The average molecular weight is 528 g/mol. The summed E-state index contributed by atoms with van der Waals surface area (Å²) in [7, 11) is 1.46. The van der Waals surface area contributed by atoms with E-state index in [1.165, 1.54) is 35.8 Å². The number of rotatable bonds is 7. The molecule has 0 fully saturated rings. The Morgan fingerprint density at radius 1 is 1.45 bits per heavy atom. The number of aliphatic imine (C=N–C) groups is 1. The predicted octanol–water partition coefficient (Wildman–Crippen LogP) is 2.65. The number of nitrogens with two attached hydrogens (primary N) is 1. The Kier molecular flexibility index (Phi) is 7.37. The lowest BCUT2D eigenvalue weighted by Gasteiger charge is -2.07. The molecule has 2 aromatic heterocycles. The van der Waals surface area contributed by atoms with Gasteiger partial charge in [-0.25, -0.2) is 10.1 Å². The van der Waals surface area contributed by atoms with Crippen molar-refractivity contribution in [2.45, 2.75) is 5.75 Å². The number of halogens is 2. The molecule has 1 aliphatic heterocycles. The molecule has 0 spiro atoms. The van der Waals surface area contributed by atoms with E-state index in [9.17, 15) is 4.79 Å². The first-order chi connectivity index (χ1) is 16.0. The second-order valence-corrected chi connectivity index (χ2v) is 9.41. The van der Waals surface area contributed by atoms with Gasteiger partial charge >= 0.3 is 0 Å². The number of hydrogen-bond acceptors (Lipinski definition) is 12. The number of anilines is 1. The van der Waals surface area contributed by atoms with Crippen LogP contribution in [0.5, 0.6) is 5.75 Å². The molecule has 0 unspecified atom stereocenters. The highest BCUT2D eigenvalue weighted by Gasteiger charge is 2.25. The second-order valence-electron chi connectivity index (χ2n) is 6.26. The van der Waals surface area contributed by atoms with Gasteiger partial charge in [0.15, 0.2) is 5.69 Å². The Morgan fingerprint density at radius 3 is 3.00 bits per heavy atom. The van der Waals surface area contributed by atoms with Crippen molar-refractivity contribution in [3.63, 3.8) is 0 Å². The summed E-state index contributed by atoms with van der Waals surface area (Å²) in [6.07, 6.45) is 1.36. The number of nitrogen functional groups attached to an aromatic ring is 1. The lowest BCUT2D eigenvalue weighted by Crippen LogP contribution is -2.20. The maximum atomic E-state index is 12.8. The molecule has 16 heteroatoms. The Labute approximate surface area is 205 Å². The molecule has 172 valence electrons. The number of methoxy groups -OCH3 is 1. The first-order valence-corrected chi connectivity index (χ1v) is 11.9. The number of carbonyl (C=O) groups excluding carboxylic acids is 1. The summed E-state index contributed by atoms with van der Waals surface area (Å²) in [5.41, 5.74) is 9.14. The van der Waals surface area contributed by atoms with Crippen LogP contribution in [0.3, 0.4) is 0 Å². The summed E-state index contributed by atoms with van der Waals surface area (Å²) in [6.45, 7) is 0.754. The van der Waals surface area contributed by atoms with E-state index < -0.39 is 5.91 Å². The number of ether oxygens (including phenoxy) is 1. The predicted molar refractivity (Wildman–Crippen MR) is 128 cm³/mol. The van der Waals surface area contributed by atoms with E-state index in [4.69, 9.17) is 33.7 Å². The third kappa shape index (κ3) is 5.24. The monoisotopic (exact) mass is 527 g/mol. The number of nitrogens with zero attached hydrogens (tertiary/aromatic N) is 7. The first-order valence-electron chi connectivity index (χ1n) is 9.17. The van der Waals surface area contributed by atoms with Crippen molar-refractivity contribution >= 4 is 69.0 Å². The maximum absolute atomic E-state index is 12.8. The quantitative estimate of drug-likeness (QED) is 0.345. The van der Waals surface area contributed by atoms with Crippen molar-refractivity contribution in [3.05, 3.63) is 39.1 Å². The average Bonchev–Trinajstić information content (AvgIpc) is 3.52. The molecule has 0 radical (unpaired) electrons. The van der Waals surface area contributed by atoms with Crippen molar-refractivity contribution < 1.29 is 14.2 Å². The van der Waals surface area contributed by atoms with Crippen molar-refractivity contribution in [1.82, 2.24) is 30.7 Å². The number of hydrogen-bond donors (Lipinski definition) is 2. The Bertz CT molecular complexity index is 1240. The molecule has 0 aliphatic carbocycles. The summed E-state index contributed by atoms with van der Waals surface area (Å²) < 4.78 is 12.1. The van der Waals surface area contributed by atoms with Crippen LogP contribution in [0.4, 0.5) is 5.82 Å². The minimum Gasteiger partial charge on any atom is -0.495 e. The van der Waals surface area contributed by atoms with Crippen molar-refractivity contribution in [2.75, 3.05) is 25.1 Å². The van der Waals surface area contributed by atoms with Crippen LogP contribution < -0.4 is 15.9 Å². The highest BCUT2D eigenvalue weighted by molar-refractivity contribution is 8.38. The summed E-state index contributed by atoms with van der Waals surface area (Å²) >= 11 is 15.2. The molecular weight excluding hydrogens is 513 g/mol. The summed E-state index contributed by atoms with van der Waals surface area (Å²) in [5.74, 6) is 1.14. The molecule has 0 bridgehead atoms. The van der Waals surface area contributed by atoms with Gasteiger partial charge in [0.05, 0.1) is 30.6 Å². The van der Waals surface area contributed by atoms with Gasteiger partial charge < -0.3 is 10.5 Å². The minimum absolute atomic E-state index is 0.00800. The van der Waals surface area contributed by atoms with Gasteiger partial charge in [-0.1, -0.05) is 51.9 Å². The Hall–Kier alpha value is -2.81. The molecule has 4 rings (SSSR count). The van der Waals surface area contributed by atoms with Gasteiger partial charge in [0.2, 0.25) is 11.6 Å². The van der Waals surface area contributed by atoms with Gasteiger partial charge in [-0.2, -0.15) is 9.78 Å². The van der Waals surface area contributed by atoms with Crippen LogP contribution in [0, 0.1) is 0 Å². The molecule has 3 aromatic rings. The molecule has 0 atom stereocenters. The molecule has 1 amide bonds. The number of carbonyl (C=O) groups is 1. The van der Waals surface area contributed by atoms with Gasteiger partial charge in [0.1, 0.15) is 10.1 Å². The molecule has 12 nitrogen and oxygen atoms in total. The number of aromatic nitrogens is 5. The van der Waals surface area contributed by atoms with Crippen LogP contribution in [0.1, 0.15) is 21.7 Å². The van der Waals surface area contributed by atoms with Crippen LogP contribution in [0.2, 0.25) is 10.0 Å². The maximum Gasteiger partial charge on any atom is 0.293 e. The lowest BCUT2D eigenvalue weighted by molar-refractivity contribution is 0.0949. The fourth-order valence-electron chi connectivity index (χ4n) is 2.75. The van der Waals surface area contributed by atoms with Crippen LogP contribution in [0.15, 0.2) is 26.9 Å². The molecular formula is C17H15Cl2N9O3S2. The number of hydrazone groups is 1. The van der Waals surface area contributed by atoms with Gasteiger partial charge in [-0.3, -0.25) is 9.79 Å². The Morgan fingerprint density at radius 2 is 2.30 bits per heavy atom. The third-order valence-corrected chi connectivity index (χ3v) is 6.94. The van der Waals surface area contributed by atoms with Crippen molar-refractivity contribution in [3.8, 4) is 11.6 Å². The zero-order valence-electron chi connectivity index (χ0n) is 16.9. The molecule has 0 saturated heterocycles. The molecule has 1 aliphatic rings. The summed E-state index contributed by atoms with van der Waals surface area (Å²) in [4.78, 5) is 17.2. The van der Waals surface area contributed by atoms with Crippen LogP contribution >= 0.6 is 46.7 Å². The number of nitrogens with one attached hydrogen (secondary N) is 1. The molecule has 33 heavy (non-hydrogen) atoms. The fourth-order valence-corrected chi connectivity index (χ4v) is 5.34. The van der Waals surface area contributed by atoms with Crippen molar-refractivity contribution in [1.29, 1.82) is 0 Å². The summed E-state index contributed by atoms with van der Waals surface area (Å²) in [6, 6.07) is 3.14. The number of amides is 1. The van der Waals surface area contributed by atoms with E-state index in [0.717, 1.165) is 16.7 Å². The molecule has 0 saturated carbocycles. The fraction of sp³-hybridized carbons (Fsp3) is 0.235. The Balaban J connectivity index is 1.57. The normalized spacial score (nSPS) is 13.5.